The first-order chi connectivity index (χ1) is 7.72. The van der Waals surface area contributed by atoms with Crippen LogP contribution in [-0.2, 0) is 11.8 Å². The number of aryl methyl sites for hydroxylation is 1. The molecule has 1 fully saturated rings. The van der Waals surface area contributed by atoms with Crippen molar-refractivity contribution in [3.05, 3.63) is 35.1 Å². The van der Waals surface area contributed by atoms with E-state index in [1.807, 2.05) is 19.1 Å². The molecule has 0 aromatic heterocycles. The summed E-state index contributed by atoms with van der Waals surface area (Å²) in [7, 11) is 0. The van der Waals surface area contributed by atoms with Gasteiger partial charge in [-0.3, -0.25) is 0 Å². The summed E-state index contributed by atoms with van der Waals surface area (Å²) in [6.07, 6.45) is 5.54. The average Bonchev–Trinajstić information content (AvgIpc) is 2.79. The second kappa shape index (κ2) is 4.54. The van der Waals surface area contributed by atoms with Crippen LogP contribution in [0.5, 0.6) is 0 Å². The Morgan fingerprint density at radius 3 is 2.56 bits per heavy atom. The zero-order valence-electron chi connectivity index (χ0n) is 9.93. The van der Waals surface area contributed by atoms with Gasteiger partial charge in [-0.2, -0.15) is 0 Å². The molecule has 0 amide bonds. The molecular formula is C14H20FN. The minimum Gasteiger partial charge on any atom is -0.330 e. The quantitative estimate of drug-likeness (QED) is 0.833. The SMILES string of the molecule is CCc1cc(C2(CN)CCCC2)ccc1F. The Morgan fingerprint density at radius 2 is 2.00 bits per heavy atom. The van der Waals surface area contributed by atoms with E-state index in [-0.39, 0.29) is 11.2 Å². The minimum atomic E-state index is -0.0866. The standard InChI is InChI=1S/C14H20FN/c1-2-11-9-12(5-6-13(11)15)14(10-16)7-3-4-8-14/h5-6,9H,2-4,7-8,10,16H2,1H3. The molecule has 1 aliphatic carbocycles. The van der Waals surface area contributed by atoms with Gasteiger partial charge in [0.25, 0.3) is 0 Å². The highest BCUT2D eigenvalue weighted by Crippen LogP contribution is 2.40. The third kappa shape index (κ3) is 1.86. The first-order valence-corrected chi connectivity index (χ1v) is 6.21. The summed E-state index contributed by atoms with van der Waals surface area (Å²) in [4.78, 5) is 0. The molecule has 1 aromatic rings. The van der Waals surface area contributed by atoms with E-state index in [2.05, 4.69) is 0 Å². The van der Waals surface area contributed by atoms with Crippen LogP contribution in [0.15, 0.2) is 18.2 Å². The van der Waals surface area contributed by atoms with Crippen LogP contribution in [0.2, 0.25) is 0 Å². The summed E-state index contributed by atoms with van der Waals surface area (Å²) in [5.41, 5.74) is 8.12. The molecule has 2 N–H and O–H groups in total. The lowest BCUT2D eigenvalue weighted by Crippen LogP contribution is -2.32. The molecule has 1 aromatic carbocycles. The van der Waals surface area contributed by atoms with Crippen molar-refractivity contribution < 1.29 is 4.39 Å². The van der Waals surface area contributed by atoms with Gasteiger partial charge in [-0.05, 0) is 36.5 Å². The van der Waals surface area contributed by atoms with Crippen LogP contribution in [-0.4, -0.2) is 6.54 Å². The Kier molecular flexibility index (Phi) is 3.29. The number of halogens is 1. The van der Waals surface area contributed by atoms with Crippen molar-refractivity contribution in [1.29, 1.82) is 0 Å². The highest BCUT2D eigenvalue weighted by atomic mass is 19.1. The van der Waals surface area contributed by atoms with Gasteiger partial charge in [0.15, 0.2) is 0 Å². The Morgan fingerprint density at radius 1 is 1.31 bits per heavy atom. The van der Waals surface area contributed by atoms with Crippen molar-refractivity contribution in [3.63, 3.8) is 0 Å². The molecule has 0 aliphatic heterocycles. The maximum absolute atomic E-state index is 13.5. The minimum absolute atomic E-state index is 0.0866. The van der Waals surface area contributed by atoms with E-state index in [0.29, 0.717) is 6.54 Å². The monoisotopic (exact) mass is 221 g/mol. The number of hydrogen-bond acceptors (Lipinski definition) is 1. The highest BCUT2D eigenvalue weighted by Gasteiger charge is 2.34. The van der Waals surface area contributed by atoms with E-state index >= 15 is 0 Å². The summed E-state index contributed by atoms with van der Waals surface area (Å²) in [6.45, 7) is 2.67. The fourth-order valence-corrected chi connectivity index (χ4v) is 2.84. The lowest BCUT2D eigenvalue weighted by molar-refractivity contribution is 0.451. The van der Waals surface area contributed by atoms with Crippen molar-refractivity contribution >= 4 is 0 Å². The van der Waals surface area contributed by atoms with Crippen molar-refractivity contribution in [3.8, 4) is 0 Å². The van der Waals surface area contributed by atoms with E-state index in [4.69, 9.17) is 5.73 Å². The van der Waals surface area contributed by atoms with Gasteiger partial charge < -0.3 is 5.73 Å². The molecule has 0 saturated heterocycles. The van der Waals surface area contributed by atoms with Gasteiger partial charge >= 0.3 is 0 Å². The summed E-state index contributed by atoms with van der Waals surface area (Å²) < 4.78 is 13.5. The predicted molar refractivity (Wildman–Crippen MR) is 65.0 cm³/mol. The lowest BCUT2D eigenvalue weighted by Gasteiger charge is -2.28. The normalized spacial score (nSPS) is 18.9. The van der Waals surface area contributed by atoms with Gasteiger partial charge in [-0.25, -0.2) is 4.39 Å². The van der Waals surface area contributed by atoms with Gasteiger partial charge in [0, 0.05) is 12.0 Å². The van der Waals surface area contributed by atoms with E-state index in [1.165, 1.54) is 18.4 Å². The highest BCUT2D eigenvalue weighted by molar-refractivity contribution is 5.32. The van der Waals surface area contributed by atoms with Crippen LogP contribution in [0.1, 0.15) is 43.7 Å². The zero-order valence-corrected chi connectivity index (χ0v) is 9.93. The van der Waals surface area contributed by atoms with Crippen molar-refractivity contribution in [2.24, 2.45) is 5.73 Å². The molecule has 0 atom stereocenters. The van der Waals surface area contributed by atoms with Crippen molar-refractivity contribution in [2.45, 2.75) is 44.4 Å². The summed E-state index contributed by atoms with van der Waals surface area (Å²) in [6, 6.07) is 5.55. The van der Waals surface area contributed by atoms with Crippen LogP contribution in [0.4, 0.5) is 4.39 Å². The Balaban J connectivity index is 2.38. The Hall–Kier alpha value is -0.890. The molecule has 1 saturated carbocycles. The molecule has 1 nitrogen and oxygen atoms in total. The molecule has 0 radical (unpaired) electrons. The van der Waals surface area contributed by atoms with Crippen LogP contribution in [0, 0.1) is 5.82 Å². The van der Waals surface area contributed by atoms with Crippen molar-refractivity contribution in [1.82, 2.24) is 0 Å². The molecule has 2 heteroatoms. The molecule has 16 heavy (non-hydrogen) atoms. The fraction of sp³-hybridized carbons (Fsp3) is 0.571. The van der Waals surface area contributed by atoms with Crippen LogP contribution in [0.25, 0.3) is 0 Å². The van der Waals surface area contributed by atoms with E-state index < -0.39 is 0 Å². The molecular weight excluding hydrogens is 201 g/mol. The van der Waals surface area contributed by atoms with Gasteiger partial charge in [-0.15, -0.1) is 0 Å². The maximum Gasteiger partial charge on any atom is 0.126 e. The number of nitrogens with two attached hydrogens (primary N) is 1. The lowest BCUT2D eigenvalue weighted by atomic mass is 9.78. The van der Waals surface area contributed by atoms with Gasteiger partial charge in [0.05, 0.1) is 0 Å². The van der Waals surface area contributed by atoms with E-state index in [0.717, 1.165) is 24.8 Å². The topological polar surface area (TPSA) is 26.0 Å². The third-order valence-corrected chi connectivity index (χ3v) is 3.99. The number of benzene rings is 1. The summed E-state index contributed by atoms with van der Waals surface area (Å²) >= 11 is 0. The molecule has 2 rings (SSSR count). The molecule has 1 aliphatic rings. The molecule has 0 bridgehead atoms. The second-order valence-electron chi connectivity index (χ2n) is 4.85. The molecule has 88 valence electrons. The third-order valence-electron chi connectivity index (χ3n) is 3.99. The molecule has 0 spiro atoms. The van der Waals surface area contributed by atoms with E-state index in [9.17, 15) is 4.39 Å². The summed E-state index contributed by atoms with van der Waals surface area (Å²) in [5, 5.41) is 0. The maximum atomic E-state index is 13.5. The van der Waals surface area contributed by atoms with Crippen LogP contribution >= 0.6 is 0 Å². The second-order valence-corrected chi connectivity index (χ2v) is 4.85. The number of rotatable bonds is 3. The zero-order chi connectivity index (χ0) is 11.6. The first kappa shape index (κ1) is 11.6. The largest absolute Gasteiger partial charge is 0.330 e. The summed E-state index contributed by atoms with van der Waals surface area (Å²) in [5.74, 6) is -0.0866. The molecule has 0 unspecified atom stereocenters. The van der Waals surface area contributed by atoms with Crippen LogP contribution < -0.4 is 5.73 Å². The van der Waals surface area contributed by atoms with Crippen molar-refractivity contribution in [2.75, 3.05) is 6.54 Å². The van der Waals surface area contributed by atoms with Gasteiger partial charge in [-0.1, -0.05) is 31.9 Å². The Bertz CT molecular complexity index is 367. The van der Waals surface area contributed by atoms with Gasteiger partial charge in [0.1, 0.15) is 5.82 Å². The van der Waals surface area contributed by atoms with Gasteiger partial charge in [0.2, 0.25) is 0 Å². The Labute approximate surface area is 96.9 Å². The predicted octanol–water partition coefficient (Wildman–Crippen LogP) is 3.16. The first-order valence-electron chi connectivity index (χ1n) is 6.21. The average molecular weight is 221 g/mol. The smallest absolute Gasteiger partial charge is 0.126 e. The van der Waals surface area contributed by atoms with E-state index in [1.54, 1.807) is 6.07 Å². The number of hydrogen-bond donors (Lipinski definition) is 1. The fourth-order valence-electron chi connectivity index (χ4n) is 2.84. The van der Waals surface area contributed by atoms with Crippen LogP contribution in [0.3, 0.4) is 0 Å². The molecule has 0 heterocycles.